The molecule has 0 fully saturated rings. The van der Waals surface area contributed by atoms with Crippen LogP contribution < -0.4 is 5.32 Å². The van der Waals surface area contributed by atoms with E-state index in [0.29, 0.717) is 22.7 Å². The molecule has 1 aliphatic carbocycles. The summed E-state index contributed by atoms with van der Waals surface area (Å²) in [5.41, 5.74) is 4.08. The number of aromatic nitrogens is 3. The highest BCUT2D eigenvalue weighted by Gasteiger charge is 2.21. The van der Waals surface area contributed by atoms with Gasteiger partial charge in [0.2, 0.25) is 0 Å². The molecule has 0 saturated carbocycles. The molecule has 6 heteroatoms. The first-order valence-electron chi connectivity index (χ1n) is 8.49. The lowest BCUT2D eigenvalue weighted by Crippen LogP contribution is -2.23. The van der Waals surface area contributed by atoms with Gasteiger partial charge >= 0.3 is 0 Å². The maximum atomic E-state index is 13.2. The predicted octanol–water partition coefficient (Wildman–Crippen LogP) is 2.92. The van der Waals surface area contributed by atoms with Crippen LogP contribution in [0.1, 0.15) is 40.5 Å². The first kappa shape index (κ1) is 15.7. The van der Waals surface area contributed by atoms with Crippen molar-refractivity contribution in [3.63, 3.8) is 0 Å². The first-order chi connectivity index (χ1) is 12.1. The largest absolute Gasteiger partial charge is 0.348 e. The fraction of sp³-hybridized carbons (Fsp3) is 0.316. The van der Waals surface area contributed by atoms with E-state index in [9.17, 15) is 9.18 Å². The molecular formula is C19H19FN4O. The highest BCUT2D eigenvalue weighted by Crippen LogP contribution is 2.25. The van der Waals surface area contributed by atoms with E-state index >= 15 is 0 Å². The summed E-state index contributed by atoms with van der Waals surface area (Å²) >= 11 is 0. The van der Waals surface area contributed by atoms with Gasteiger partial charge in [-0.1, -0.05) is 19.1 Å². The van der Waals surface area contributed by atoms with Crippen LogP contribution in [0.15, 0.2) is 36.7 Å². The fourth-order valence-electron chi connectivity index (χ4n) is 3.40. The van der Waals surface area contributed by atoms with E-state index in [-0.39, 0.29) is 18.3 Å². The van der Waals surface area contributed by atoms with Crippen molar-refractivity contribution in [2.75, 3.05) is 0 Å². The number of benzene rings is 1. The standard InChI is InChI=1S/C19H19FN4O/c1-12-5-6-17-14(7-12)10-21-18-16(11-23-24(17)18)19(25)22-9-13-3-2-4-15(20)8-13/h2-4,8,10-12H,5-7,9H2,1H3,(H,22,25)/t12-/m0/s1. The fourth-order valence-corrected chi connectivity index (χ4v) is 3.40. The molecule has 25 heavy (non-hydrogen) atoms. The number of carbonyl (C=O) groups is 1. The van der Waals surface area contributed by atoms with Gasteiger partial charge in [0.15, 0.2) is 5.65 Å². The number of nitrogens with zero attached hydrogens (tertiary/aromatic N) is 3. The van der Waals surface area contributed by atoms with Crippen molar-refractivity contribution in [3.05, 3.63) is 64.9 Å². The van der Waals surface area contributed by atoms with Crippen molar-refractivity contribution in [3.8, 4) is 0 Å². The lowest BCUT2D eigenvalue weighted by molar-refractivity contribution is 0.0952. The number of aryl methyl sites for hydroxylation is 1. The molecule has 3 aromatic rings. The second kappa shape index (κ2) is 6.27. The Morgan fingerprint density at radius 3 is 3.12 bits per heavy atom. The lowest BCUT2D eigenvalue weighted by atomic mass is 9.89. The van der Waals surface area contributed by atoms with Gasteiger partial charge in [-0.2, -0.15) is 5.10 Å². The number of hydrogen-bond donors (Lipinski definition) is 1. The number of halogens is 1. The molecule has 0 unspecified atom stereocenters. The Hall–Kier alpha value is -2.76. The summed E-state index contributed by atoms with van der Waals surface area (Å²) < 4.78 is 15.0. The van der Waals surface area contributed by atoms with Gasteiger partial charge < -0.3 is 5.32 Å². The summed E-state index contributed by atoms with van der Waals surface area (Å²) in [6, 6.07) is 6.19. The van der Waals surface area contributed by atoms with Crippen LogP contribution in [0.3, 0.4) is 0 Å². The van der Waals surface area contributed by atoms with E-state index in [2.05, 4.69) is 22.3 Å². The predicted molar refractivity (Wildman–Crippen MR) is 91.7 cm³/mol. The third kappa shape index (κ3) is 2.99. The molecule has 4 rings (SSSR count). The molecule has 0 bridgehead atoms. The number of nitrogens with one attached hydrogen (secondary N) is 1. The van der Waals surface area contributed by atoms with Crippen LogP contribution in [-0.4, -0.2) is 20.5 Å². The smallest absolute Gasteiger partial charge is 0.257 e. The Balaban J connectivity index is 1.58. The molecule has 0 saturated heterocycles. The van der Waals surface area contributed by atoms with Crippen LogP contribution >= 0.6 is 0 Å². The second-order valence-electron chi connectivity index (χ2n) is 6.68. The monoisotopic (exact) mass is 338 g/mol. The number of hydrogen-bond acceptors (Lipinski definition) is 3. The second-order valence-corrected chi connectivity index (χ2v) is 6.68. The average molecular weight is 338 g/mol. The van der Waals surface area contributed by atoms with Crippen molar-refractivity contribution >= 4 is 11.6 Å². The Kier molecular flexibility index (Phi) is 3.95. The molecule has 1 aliphatic rings. The van der Waals surface area contributed by atoms with E-state index in [1.807, 2.05) is 6.20 Å². The number of fused-ring (bicyclic) bond motifs is 3. The minimum Gasteiger partial charge on any atom is -0.348 e. The molecule has 5 nitrogen and oxygen atoms in total. The molecule has 1 N–H and O–H groups in total. The normalized spacial score (nSPS) is 16.6. The van der Waals surface area contributed by atoms with E-state index in [4.69, 9.17) is 0 Å². The molecule has 1 amide bonds. The topological polar surface area (TPSA) is 59.3 Å². The third-order valence-corrected chi connectivity index (χ3v) is 4.74. The summed E-state index contributed by atoms with van der Waals surface area (Å²) in [6.45, 7) is 2.50. The van der Waals surface area contributed by atoms with Gasteiger partial charge in [0, 0.05) is 18.4 Å². The molecule has 0 radical (unpaired) electrons. The zero-order valence-electron chi connectivity index (χ0n) is 14.0. The van der Waals surface area contributed by atoms with Gasteiger partial charge in [-0.05, 0) is 48.4 Å². The Labute approximate surface area is 144 Å². The van der Waals surface area contributed by atoms with E-state index < -0.39 is 0 Å². The Morgan fingerprint density at radius 1 is 1.40 bits per heavy atom. The van der Waals surface area contributed by atoms with E-state index in [1.54, 1.807) is 22.8 Å². The van der Waals surface area contributed by atoms with Crippen molar-refractivity contribution in [2.45, 2.75) is 32.7 Å². The minimum absolute atomic E-state index is 0.254. The molecular weight excluding hydrogens is 319 g/mol. The quantitative estimate of drug-likeness (QED) is 0.799. The highest BCUT2D eigenvalue weighted by atomic mass is 19.1. The zero-order chi connectivity index (χ0) is 17.4. The van der Waals surface area contributed by atoms with Crippen LogP contribution in [-0.2, 0) is 19.4 Å². The van der Waals surface area contributed by atoms with Gasteiger partial charge in [0.1, 0.15) is 11.4 Å². The summed E-state index contributed by atoms with van der Waals surface area (Å²) in [6.07, 6.45) is 6.49. The molecule has 1 aromatic carbocycles. The third-order valence-electron chi connectivity index (χ3n) is 4.74. The van der Waals surface area contributed by atoms with Gasteiger partial charge in [-0.3, -0.25) is 4.79 Å². The Morgan fingerprint density at radius 2 is 2.28 bits per heavy atom. The van der Waals surface area contributed by atoms with Crippen LogP contribution in [0.5, 0.6) is 0 Å². The summed E-state index contributed by atoms with van der Waals surface area (Å²) in [5.74, 6) is 0.0810. The van der Waals surface area contributed by atoms with Crippen molar-refractivity contribution in [2.24, 2.45) is 5.92 Å². The summed E-state index contributed by atoms with van der Waals surface area (Å²) in [5, 5.41) is 7.19. The summed E-state index contributed by atoms with van der Waals surface area (Å²) in [7, 11) is 0. The van der Waals surface area contributed by atoms with Crippen molar-refractivity contribution in [1.29, 1.82) is 0 Å². The molecule has 1 atom stereocenters. The molecule has 128 valence electrons. The molecule has 0 spiro atoms. The van der Waals surface area contributed by atoms with Crippen LogP contribution in [0, 0.1) is 11.7 Å². The SMILES string of the molecule is C[C@H]1CCc2c(cnc3c(C(=O)NCc4cccc(F)c4)cnn23)C1. The van der Waals surface area contributed by atoms with Gasteiger partial charge in [0.25, 0.3) is 5.91 Å². The van der Waals surface area contributed by atoms with Crippen molar-refractivity contribution in [1.82, 2.24) is 19.9 Å². The Bertz CT molecular complexity index is 950. The molecule has 0 aliphatic heterocycles. The zero-order valence-corrected chi connectivity index (χ0v) is 14.0. The number of rotatable bonds is 3. The van der Waals surface area contributed by atoms with Crippen LogP contribution in [0.25, 0.3) is 5.65 Å². The average Bonchev–Trinajstić information content (AvgIpc) is 3.04. The highest BCUT2D eigenvalue weighted by molar-refractivity contribution is 5.99. The summed E-state index contributed by atoms with van der Waals surface area (Å²) in [4.78, 5) is 17.0. The van der Waals surface area contributed by atoms with Crippen molar-refractivity contribution < 1.29 is 9.18 Å². The van der Waals surface area contributed by atoms with Crippen LogP contribution in [0.2, 0.25) is 0 Å². The van der Waals surface area contributed by atoms with Crippen LogP contribution in [0.4, 0.5) is 4.39 Å². The van der Waals surface area contributed by atoms with Gasteiger partial charge in [-0.25, -0.2) is 13.9 Å². The van der Waals surface area contributed by atoms with Gasteiger partial charge in [-0.15, -0.1) is 0 Å². The van der Waals surface area contributed by atoms with E-state index in [0.717, 1.165) is 25.0 Å². The number of carbonyl (C=O) groups excluding carboxylic acids is 1. The minimum atomic E-state index is -0.315. The maximum absolute atomic E-state index is 13.2. The maximum Gasteiger partial charge on any atom is 0.257 e. The molecule has 2 aromatic heterocycles. The van der Waals surface area contributed by atoms with E-state index in [1.165, 1.54) is 17.7 Å². The van der Waals surface area contributed by atoms with Gasteiger partial charge in [0.05, 0.1) is 6.20 Å². The first-order valence-corrected chi connectivity index (χ1v) is 8.49. The molecule has 2 heterocycles. The number of amides is 1. The lowest BCUT2D eigenvalue weighted by Gasteiger charge is -2.21.